The summed E-state index contributed by atoms with van der Waals surface area (Å²) in [5.41, 5.74) is 3.67. The first-order chi connectivity index (χ1) is 9.34. The van der Waals surface area contributed by atoms with Gasteiger partial charge in [0.25, 0.3) is 0 Å². The van der Waals surface area contributed by atoms with E-state index in [0.29, 0.717) is 6.04 Å². The Morgan fingerprint density at radius 1 is 1.16 bits per heavy atom. The van der Waals surface area contributed by atoms with Gasteiger partial charge in [0.15, 0.2) is 0 Å². The summed E-state index contributed by atoms with van der Waals surface area (Å²) in [7, 11) is 0. The van der Waals surface area contributed by atoms with Crippen molar-refractivity contribution >= 4 is 0 Å². The molecule has 0 radical (unpaired) electrons. The molecular formula is C16H19N3. The summed E-state index contributed by atoms with van der Waals surface area (Å²) in [4.78, 5) is 11.5. The summed E-state index contributed by atoms with van der Waals surface area (Å²) in [6.45, 7) is 4.21. The highest BCUT2D eigenvalue weighted by molar-refractivity contribution is 5.22. The second kappa shape index (κ2) is 5.49. The predicted octanol–water partition coefficient (Wildman–Crippen LogP) is 3.12. The first-order valence-corrected chi connectivity index (χ1v) is 6.90. The van der Waals surface area contributed by atoms with Crippen molar-refractivity contribution in [2.24, 2.45) is 0 Å². The molecule has 1 aliphatic rings. The van der Waals surface area contributed by atoms with Gasteiger partial charge in [0, 0.05) is 18.9 Å². The van der Waals surface area contributed by atoms with Crippen LogP contribution >= 0.6 is 0 Å². The van der Waals surface area contributed by atoms with E-state index in [9.17, 15) is 0 Å². The molecule has 0 N–H and O–H groups in total. The van der Waals surface area contributed by atoms with Crippen LogP contribution in [0.25, 0.3) is 0 Å². The normalized spacial score (nSPS) is 19.7. The zero-order valence-corrected chi connectivity index (χ0v) is 11.3. The van der Waals surface area contributed by atoms with Crippen molar-refractivity contribution in [2.75, 3.05) is 6.54 Å². The molecule has 2 aromatic heterocycles. The minimum Gasteiger partial charge on any atom is -0.289 e. The standard InChI is InChI=1S/C16H19N3/c1-13-6-4-10-18-16(13)15-8-5-11-19(15)12-14-7-2-3-9-17-14/h2-4,6-7,9-10,15H,5,8,11-12H2,1H3. The van der Waals surface area contributed by atoms with Gasteiger partial charge in [0.1, 0.15) is 0 Å². The van der Waals surface area contributed by atoms with Crippen LogP contribution in [0.5, 0.6) is 0 Å². The van der Waals surface area contributed by atoms with Crippen LogP contribution in [-0.4, -0.2) is 21.4 Å². The van der Waals surface area contributed by atoms with E-state index in [4.69, 9.17) is 0 Å². The van der Waals surface area contributed by atoms with Crippen molar-refractivity contribution in [1.82, 2.24) is 14.9 Å². The summed E-state index contributed by atoms with van der Waals surface area (Å²) in [5.74, 6) is 0. The Hall–Kier alpha value is -1.74. The van der Waals surface area contributed by atoms with E-state index in [1.165, 1.54) is 24.1 Å². The molecule has 0 saturated carbocycles. The van der Waals surface area contributed by atoms with E-state index >= 15 is 0 Å². The third-order valence-corrected chi connectivity index (χ3v) is 3.82. The Balaban J connectivity index is 1.81. The van der Waals surface area contributed by atoms with E-state index in [0.717, 1.165) is 18.8 Å². The molecular weight excluding hydrogens is 234 g/mol. The maximum atomic E-state index is 4.59. The number of nitrogens with zero attached hydrogens (tertiary/aromatic N) is 3. The molecule has 0 spiro atoms. The fourth-order valence-electron chi connectivity index (χ4n) is 2.87. The summed E-state index contributed by atoms with van der Waals surface area (Å²) < 4.78 is 0. The van der Waals surface area contributed by atoms with E-state index in [1.54, 1.807) is 0 Å². The molecule has 1 atom stereocenters. The molecule has 19 heavy (non-hydrogen) atoms. The molecule has 1 fully saturated rings. The van der Waals surface area contributed by atoms with Crippen molar-refractivity contribution in [3.05, 3.63) is 59.7 Å². The first-order valence-electron chi connectivity index (χ1n) is 6.90. The molecule has 0 aromatic carbocycles. The molecule has 3 rings (SSSR count). The third-order valence-electron chi connectivity index (χ3n) is 3.82. The van der Waals surface area contributed by atoms with Crippen molar-refractivity contribution in [1.29, 1.82) is 0 Å². The van der Waals surface area contributed by atoms with E-state index in [1.807, 2.05) is 24.5 Å². The van der Waals surface area contributed by atoms with Gasteiger partial charge in [-0.2, -0.15) is 0 Å². The highest BCUT2D eigenvalue weighted by Gasteiger charge is 2.28. The number of likely N-dealkylation sites (tertiary alicyclic amines) is 1. The zero-order valence-electron chi connectivity index (χ0n) is 11.3. The second-order valence-electron chi connectivity index (χ2n) is 5.16. The fraction of sp³-hybridized carbons (Fsp3) is 0.375. The van der Waals surface area contributed by atoms with Gasteiger partial charge in [-0.3, -0.25) is 14.9 Å². The molecule has 3 heterocycles. The van der Waals surface area contributed by atoms with Crippen molar-refractivity contribution in [3.63, 3.8) is 0 Å². The van der Waals surface area contributed by atoms with Crippen molar-refractivity contribution in [2.45, 2.75) is 32.4 Å². The monoisotopic (exact) mass is 253 g/mol. The van der Waals surface area contributed by atoms with Gasteiger partial charge < -0.3 is 0 Å². The largest absolute Gasteiger partial charge is 0.289 e. The summed E-state index contributed by atoms with van der Waals surface area (Å²) in [6.07, 6.45) is 6.21. The lowest BCUT2D eigenvalue weighted by Crippen LogP contribution is -2.24. The Morgan fingerprint density at radius 3 is 2.84 bits per heavy atom. The van der Waals surface area contributed by atoms with Gasteiger partial charge in [0.2, 0.25) is 0 Å². The maximum Gasteiger partial charge on any atom is 0.0604 e. The molecule has 0 aliphatic carbocycles. The number of aryl methyl sites for hydroxylation is 1. The summed E-state index contributed by atoms with van der Waals surface area (Å²) in [6, 6.07) is 10.7. The minimum atomic E-state index is 0.447. The van der Waals surface area contributed by atoms with Crippen LogP contribution in [-0.2, 0) is 6.54 Å². The number of hydrogen-bond donors (Lipinski definition) is 0. The predicted molar refractivity (Wildman–Crippen MR) is 75.6 cm³/mol. The van der Waals surface area contributed by atoms with Gasteiger partial charge in [-0.15, -0.1) is 0 Å². The van der Waals surface area contributed by atoms with Crippen LogP contribution in [0, 0.1) is 6.92 Å². The van der Waals surface area contributed by atoms with Crippen LogP contribution in [0.1, 0.15) is 35.8 Å². The van der Waals surface area contributed by atoms with E-state index in [-0.39, 0.29) is 0 Å². The Labute approximate surface area is 114 Å². The summed E-state index contributed by atoms with van der Waals surface area (Å²) >= 11 is 0. The van der Waals surface area contributed by atoms with Crippen LogP contribution in [0.2, 0.25) is 0 Å². The number of aromatic nitrogens is 2. The molecule has 98 valence electrons. The smallest absolute Gasteiger partial charge is 0.0604 e. The molecule has 1 unspecified atom stereocenters. The lowest BCUT2D eigenvalue weighted by Gasteiger charge is -2.24. The van der Waals surface area contributed by atoms with Crippen LogP contribution in [0.15, 0.2) is 42.7 Å². The third kappa shape index (κ3) is 2.66. The topological polar surface area (TPSA) is 29.0 Å². The van der Waals surface area contributed by atoms with E-state index < -0.39 is 0 Å². The average molecular weight is 253 g/mol. The molecule has 3 nitrogen and oxygen atoms in total. The number of rotatable bonds is 3. The van der Waals surface area contributed by atoms with Crippen molar-refractivity contribution < 1.29 is 0 Å². The highest BCUT2D eigenvalue weighted by atomic mass is 15.2. The van der Waals surface area contributed by atoms with Crippen LogP contribution < -0.4 is 0 Å². The molecule has 1 saturated heterocycles. The Bertz CT molecular complexity index is 539. The van der Waals surface area contributed by atoms with Gasteiger partial charge in [-0.1, -0.05) is 12.1 Å². The van der Waals surface area contributed by atoms with Gasteiger partial charge >= 0.3 is 0 Å². The lowest BCUT2D eigenvalue weighted by molar-refractivity contribution is 0.241. The van der Waals surface area contributed by atoms with Gasteiger partial charge in [-0.05, 0) is 50.1 Å². The highest BCUT2D eigenvalue weighted by Crippen LogP contribution is 2.33. The van der Waals surface area contributed by atoms with Crippen molar-refractivity contribution in [3.8, 4) is 0 Å². The molecule has 1 aliphatic heterocycles. The Morgan fingerprint density at radius 2 is 2.05 bits per heavy atom. The SMILES string of the molecule is Cc1cccnc1C1CCCN1Cc1ccccn1. The van der Waals surface area contributed by atoms with Gasteiger partial charge in [-0.25, -0.2) is 0 Å². The molecule has 0 amide bonds. The number of hydrogen-bond acceptors (Lipinski definition) is 3. The molecule has 2 aromatic rings. The molecule has 0 bridgehead atoms. The quantitative estimate of drug-likeness (QED) is 0.841. The first kappa shape index (κ1) is 12.3. The van der Waals surface area contributed by atoms with E-state index in [2.05, 4.69) is 40.0 Å². The second-order valence-corrected chi connectivity index (χ2v) is 5.16. The average Bonchev–Trinajstić information content (AvgIpc) is 2.88. The Kier molecular flexibility index (Phi) is 3.56. The maximum absolute atomic E-state index is 4.59. The summed E-state index contributed by atoms with van der Waals surface area (Å²) in [5, 5.41) is 0. The lowest BCUT2D eigenvalue weighted by atomic mass is 10.1. The van der Waals surface area contributed by atoms with Gasteiger partial charge in [0.05, 0.1) is 17.4 Å². The molecule has 3 heteroatoms. The fourth-order valence-corrected chi connectivity index (χ4v) is 2.87. The number of pyridine rings is 2. The minimum absolute atomic E-state index is 0.447. The van der Waals surface area contributed by atoms with Crippen LogP contribution in [0.3, 0.4) is 0 Å². The van der Waals surface area contributed by atoms with Crippen LogP contribution in [0.4, 0.5) is 0 Å². The zero-order chi connectivity index (χ0) is 13.1.